The van der Waals surface area contributed by atoms with Crippen LogP contribution in [0, 0.1) is 41.5 Å². The summed E-state index contributed by atoms with van der Waals surface area (Å²) in [5, 5.41) is 2.59. The quantitative estimate of drug-likeness (QED) is 0.164. The van der Waals surface area contributed by atoms with Crippen molar-refractivity contribution >= 4 is 44.9 Å². The molecule has 2 nitrogen and oxygen atoms in total. The minimum absolute atomic E-state index is 0.0378. The van der Waals surface area contributed by atoms with Crippen molar-refractivity contribution in [1.82, 2.24) is 0 Å². The molecule has 0 unspecified atom stereocenters. The number of fused-ring (bicyclic) bond motifs is 8. The van der Waals surface area contributed by atoms with E-state index in [0.29, 0.717) is 0 Å². The van der Waals surface area contributed by atoms with Gasteiger partial charge in [0, 0.05) is 44.7 Å². The molecule has 0 aromatic heterocycles. The third kappa shape index (κ3) is 12.7. The largest absolute Gasteiger partial charge is 0.311 e. The number of nitrogens with zero attached hydrogens (tertiary/aromatic N) is 2. The van der Waals surface area contributed by atoms with Gasteiger partial charge in [-0.2, -0.15) is 0 Å². The van der Waals surface area contributed by atoms with E-state index in [4.69, 9.17) is 0 Å². The van der Waals surface area contributed by atoms with Crippen LogP contribution >= 0.6 is 0 Å². The SMILES string of the molecule is Cc1ccc(N(c2ccccc2)c2cc3c(c4ccccc24)-c2cc4c(cc2C3(C)C)-c2ccc(C)cc2C4(C)C)cc1.Cc1ccc(N(c2ccccc2)c2ccccc2)cc1.Cc1ccccc1.Cc1ccccc1.Cc1ccccc1. The highest BCUT2D eigenvalue weighted by Crippen LogP contribution is 2.59. The molecule has 14 rings (SSSR count). The van der Waals surface area contributed by atoms with Gasteiger partial charge < -0.3 is 9.80 Å². The van der Waals surface area contributed by atoms with Crippen molar-refractivity contribution in [2.24, 2.45) is 0 Å². The zero-order valence-electron chi connectivity index (χ0n) is 50.6. The first-order valence-electron chi connectivity index (χ1n) is 29.5. The van der Waals surface area contributed by atoms with Gasteiger partial charge in [-0.15, -0.1) is 0 Å². The minimum atomic E-state index is -0.147. The van der Waals surface area contributed by atoms with Gasteiger partial charge in [0.25, 0.3) is 0 Å². The molecular formula is C82H78N2. The summed E-state index contributed by atoms with van der Waals surface area (Å²) >= 11 is 0. The van der Waals surface area contributed by atoms with E-state index in [0.717, 1.165) is 5.69 Å². The molecule has 12 aromatic rings. The Labute approximate surface area is 501 Å². The third-order valence-electron chi connectivity index (χ3n) is 16.3. The smallest absolute Gasteiger partial charge is 0.0543 e. The molecular weight excluding hydrogens is 1010 g/mol. The highest BCUT2D eigenvalue weighted by molar-refractivity contribution is 6.10. The first-order valence-corrected chi connectivity index (χ1v) is 29.5. The van der Waals surface area contributed by atoms with Crippen molar-refractivity contribution in [2.75, 3.05) is 9.80 Å². The first-order chi connectivity index (χ1) is 40.7. The fourth-order valence-corrected chi connectivity index (χ4v) is 11.7. The van der Waals surface area contributed by atoms with Gasteiger partial charge in [-0.05, 0) is 170 Å². The Morgan fingerprint density at radius 3 is 0.964 bits per heavy atom. The van der Waals surface area contributed by atoms with Crippen molar-refractivity contribution in [1.29, 1.82) is 0 Å². The number of hydrogen-bond acceptors (Lipinski definition) is 2. The highest BCUT2D eigenvalue weighted by atomic mass is 15.1. The molecule has 2 aliphatic carbocycles. The van der Waals surface area contributed by atoms with Crippen molar-refractivity contribution in [2.45, 2.75) is 80.1 Å². The molecule has 84 heavy (non-hydrogen) atoms. The molecule has 0 fully saturated rings. The number of rotatable bonds is 6. The van der Waals surface area contributed by atoms with Gasteiger partial charge in [0.15, 0.2) is 0 Å². The Balaban J connectivity index is 0.000000155. The summed E-state index contributed by atoms with van der Waals surface area (Å²) in [5.74, 6) is 0. The average molecular weight is 1090 g/mol. The summed E-state index contributed by atoms with van der Waals surface area (Å²) in [6, 6.07) is 104. The minimum Gasteiger partial charge on any atom is -0.311 e. The number of benzene rings is 12. The maximum Gasteiger partial charge on any atom is 0.0543 e. The van der Waals surface area contributed by atoms with Gasteiger partial charge in [0.2, 0.25) is 0 Å². The van der Waals surface area contributed by atoms with Crippen molar-refractivity contribution in [3.63, 3.8) is 0 Å². The zero-order chi connectivity index (χ0) is 58.8. The Hall–Kier alpha value is -9.50. The molecule has 2 aliphatic rings. The lowest BCUT2D eigenvalue weighted by Crippen LogP contribution is -2.18. The van der Waals surface area contributed by atoms with Crippen LogP contribution in [0.25, 0.3) is 33.0 Å². The lowest BCUT2D eigenvalue weighted by Gasteiger charge is -2.30. The van der Waals surface area contributed by atoms with E-state index in [1.165, 1.54) is 117 Å². The van der Waals surface area contributed by atoms with Crippen LogP contribution in [0.15, 0.2) is 291 Å². The lowest BCUT2D eigenvalue weighted by molar-refractivity contribution is 0.652. The third-order valence-corrected chi connectivity index (χ3v) is 16.3. The molecule has 416 valence electrons. The maximum absolute atomic E-state index is 2.54. The molecule has 0 N–H and O–H groups in total. The Morgan fingerprint density at radius 1 is 0.226 bits per heavy atom. The summed E-state index contributed by atoms with van der Waals surface area (Å²) in [7, 11) is 0. The van der Waals surface area contributed by atoms with E-state index >= 15 is 0 Å². The summed E-state index contributed by atoms with van der Waals surface area (Å²) in [6.45, 7) is 22.3. The molecule has 0 saturated carbocycles. The van der Waals surface area contributed by atoms with Crippen LogP contribution in [0.3, 0.4) is 0 Å². The summed E-state index contributed by atoms with van der Waals surface area (Å²) in [5.41, 5.74) is 26.0. The van der Waals surface area contributed by atoms with E-state index in [9.17, 15) is 0 Å². The molecule has 0 heterocycles. The van der Waals surface area contributed by atoms with E-state index in [1.54, 1.807) is 0 Å². The van der Waals surface area contributed by atoms with Crippen molar-refractivity contribution in [3.05, 3.63) is 347 Å². The summed E-state index contributed by atoms with van der Waals surface area (Å²) < 4.78 is 0. The molecule has 0 atom stereocenters. The van der Waals surface area contributed by atoms with E-state index in [-0.39, 0.29) is 10.8 Å². The average Bonchev–Trinajstić information content (AvgIpc) is 1.57. The summed E-state index contributed by atoms with van der Waals surface area (Å²) in [4.78, 5) is 4.70. The van der Waals surface area contributed by atoms with Crippen molar-refractivity contribution < 1.29 is 0 Å². The van der Waals surface area contributed by atoms with Crippen LogP contribution in [0.4, 0.5) is 34.1 Å². The van der Waals surface area contributed by atoms with E-state index < -0.39 is 0 Å². The van der Waals surface area contributed by atoms with Crippen LogP contribution < -0.4 is 9.80 Å². The lowest BCUT2D eigenvalue weighted by atomic mass is 9.79. The topological polar surface area (TPSA) is 6.48 Å². The van der Waals surface area contributed by atoms with Gasteiger partial charge in [-0.25, -0.2) is 0 Å². The predicted octanol–water partition coefficient (Wildman–Crippen LogP) is 23.0. The molecule has 0 spiro atoms. The van der Waals surface area contributed by atoms with E-state index in [2.05, 4.69) is 303 Å². The standard InChI is InChI=1S/C42H37N.C19H17N.3C7H8/c1-26-16-19-29(20-17-26)43(28-12-8-7-9-13-28)39-25-38-40(32-15-11-10-14-31(32)39)34-24-36-33(23-37(34)42(38,5)6)30-21-18-27(2)22-35(30)41(36,3)4;1-16-12-14-19(15-13-16)20(17-8-4-2-5-9-17)18-10-6-3-7-11-18;3*1-7-5-3-2-4-6-7/h7-25H,1-6H3;2-15H,1H3;3*2-6H,1H3. The first kappa shape index (κ1) is 57.7. The van der Waals surface area contributed by atoms with Crippen LogP contribution in [0.2, 0.25) is 0 Å². The Kier molecular flexibility index (Phi) is 17.7. The number of aryl methyl sites for hydroxylation is 6. The van der Waals surface area contributed by atoms with Crippen LogP contribution in [0.1, 0.15) is 83.3 Å². The molecule has 0 amide bonds. The molecule has 0 bridgehead atoms. The van der Waals surface area contributed by atoms with Gasteiger partial charge in [0.05, 0.1) is 5.69 Å². The van der Waals surface area contributed by atoms with Crippen molar-refractivity contribution in [3.8, 4) is 22.3 Å². The van der Waals surface area contributed by atoms with E-state index in [1.807, 2.05) is 66.7 Å². The molecule has 2 heteroatoms. The summed E-state index contributed by atoms with van der Waals surface area (Å²) in [6.07, 6.45) is 0. The fourth-order valence-electron chi connectivity index (χ4n) is 11.7. The predicted molar refractivity (Wildman–Crippen MR) is 363 cm³/mol. The molecule has 0 saturated heterocycles. The van der Waals surface area contributed by atoms with Gasteiger partial charge in [-0.1, -0.05) is 273 Å². The normalized spacial score (nSPS) is 12.4. The number of para-hydroxylation sites is 3. The molecule has 12 aromatic carbocycles. The number of anilines is 6. The van der Waals surface area contributed by atoms with Crippen LogP contribution in [0.5, 0.6) is 0 Å². The second kappa shape index (κ2) is 25.7. The van der Waals surface area contributed by atoms with Gasteiger partial charge in [0.1, 0.15) is 0 Å². The number of hydrogen-bond donors (Lipinski definition) is 0. The second-order valence-electron chi connectivity index (χ2n) is 23.4. The Morgan fingerprint density at radius 2 is 0.536 bits per heavy atom. The molecule has 0 radical (unpaired) electrons. The Bertz CT molecular complexity index is 3950. The zero-order valence-corrected chi connectivity index (χ0v) is 50.6. The van der Waals surface area contributed by atoms with Gasteiger partial charge in [-0.3, -0.25) is 0 Å². The van der Waals surface area contributed by atoms with Gasteiger partial charge >= 0.3 is 0 Å². The fraction of sp³-hybridized carbons (Fsp3) is 0.146. The second-order valence-corrected chi connectivity index (χ2v) is 23.4. The highest BCUT2D eigenvalue weighted by Gasteiger charge is 2.43. The maximum atomic E-state index is 2.54. The van der Waals surface area contributed by atoms with Crippen LogP contribution in [-0.2, 0) is 10.8 Å². The monoisotopic (exact) mass is 1090 g/mol. The molecule has 0 aliphatic heterocycles. The van der Waals surface area contributed by atoms with Crippen LogP contribution in [-0.4, -0.2) is 0 Å².